The molecule has 0 bridgehead atoms. The highest BCUT2D eigenvalue weighted by molar-refractivity contribution is 6.03. The van der Waals surface area contributed by atoms with Crippen LogP contribution < -0.4 is 23.3 Å². The zero-order chi connectivity index (χ0) is 69.6. The van der Waals surface area contributed by atoms with Crippen LogP contribution in [0.2, 0.25) is 0 Å². The number of tetrazole rings is 2. The largest absolute Gasteiger partial charge is 0.519 e. The Morgan fingerprint density at radius 1 is 0.440 bits per heavy atom. The topological polar surface area (TPSA) is 349 Å². The van der Waals surface area contributed by atoms with E-state index in [1.165, 1.54) is 4.80 Å². The molecule has 28 nitrogen and oxygen atoms in total. The molecule has 14 rings (SSSR count). The normalized spacial score (nSPS) is 11.4. The number of ether oxygens (including phenoxy) is 2. The van der Waals surface area contributed by atoms with E-state index in [0.29, 0.717) is 81.0 Å². The summed E-state index contributed by atoms with van der Waals surface area (Å²) in [7, 11) is 0. The second kappa shape index (κ2) is 29.0. The van der Waals surface area contributed by atoms with Crippen LogP contribution >= 0.6 is 0 Å². The highest BCUT2D eigenvalue weighted by Gasteiger charge is 2.25. The third-order valence-electron chi connectivity index (χ3n) is 16.8. The molecule has 0 N–H and O–H groups in total. The molecule has 0 amide bonds. The fourth-order valence-electron chi connectivity index (χ4n) is 11.6. The van der Waals surface area contributed by atoms with Crippen LogP contribution in [0.15, 0.2) is 188 Å². The van der Waals surface area contributed by atoms with Crippen LogP contribution in [-0.4, -0.2) is 71.5 Å². The number of para-hydroxylation sites is 2. The number of rotatable bonds is 24. The number of aromatic nitrogens is 12. The number of unbranched alkanes of at least 4 members (excludes halogenated alkanes) is 2. The van der Waals surface area contributed by atoms with Crippen molar-refractivity contribution >= 4 is 34.0 Å². The number of carbonyl (C=O) groups excluding carboxylic acids is 2. The maximum absolute atomic E-state index is 13.4. The van der Waals surface area contributed by atoms with E-state index in [1.54, 1.807) is 56.6 Å². The highest BCUT2D eigenvalue weighted by atomic mass is 16.6. The van der Waals surface area contributed by atoms with Gasteiger partial charge in [0.25, 0.3) is 0 Å². The molecular weight excluding hydrogens is 1290 g/mol. The maximum atomic E-state index is 13.4. The Bertz CT molecular complexity index is 5530. The van der Waals surface area contributed by atoms with Gasteiger partial charge in [0.05, 0.1) is 33.2 Å². The number of benzene rings is 6. The minimum atomic E-state index is -0.847. The van der Waals surface area contributed by atoms with Crippen molar-refractivity contribution in [1.82, 2.24) is 59.5 Å². The Balaban J connectivity index is 0.000000179. The van der Waals surface area contributed by atoms with Crippen LogP contribution in [0.1, 0.15) is 129 Å². The van der Waals surface area contributed by atoms with E-state index in [9.17, 15) is 28.8 Å². The summed E-state index contributed by atoms with van der Waals surface area (Å²) >= 11 is 0. The molecule has 0 aliphatic carbocycles. The van der Waals surface area contributed by atoms with Crippen LogP contribution in [-0.2, 0) is 61.7 Å². The average molecular weight is 1350 g/mol. The Labute approximate surface area is 566 Å². The minimum Gasteiger partial charge on any atom is -0.454 e. The molecule has 0 saturated heterocycles. The summed E-state index contributed by atoms with van der Waals surface area (Å²) in [4.78, 5) is 83.9. The minimum absolute atomic E-state index is 0.103. The first-order valence-electron chi connectivity index (χ1n) is 32.2. The predicted molar refractivity (Wildman–Crippen MR) is 357 cm³/mol. The standard InChI is InChI=1S/2C36H32N6O8/c1-4-5-13-31-37-28-12-8-11-27(34(43)46-20-30-22(3)48-36(45)50-30)32(28)41(31)18-23-14-16-24(17-15-23)25-9-6-7-10-26(25)33-38-39-40-42(33)19-29-21(2)47-35(44)49-29;1-4-5-13-31-37-28-12-8-11-27(34(43)46-20-30-22(3)48-36(45)50-30)32(28)41(31)18-23-14-16-24(17-15-23)25-9-6-7-10-26(25)33-38-40-42(39-33)19-29-21(2)47-35(44)49-29/h2*6-12,14-17H,4-5,13,18-20H2,1-3H3. The van der Waals surface area contributed by atoms with Gasteiger partial charge in [-0.1, -0.05) is 136 Å². The zero-order valence-corrected chi connectivity index (χ0v) is 55.1. The van der Waals surface area contributed by atoms with Gasteiger partial charge in [0, 0.05) is 37.1 Å². The number of esters is 2. The van der Waals surface area contributed by atoms with Gasteiger partial charge in [-0.2, -0.15) is 4.80 Å². The van der Waals surface area contributed by atoms with Crippen molar-refractivity contribution in [1.29, 1.82) is 0 Å². The number of fused-ring (bicyclic) bond motifs is 2. The molecule has 0 fully saturated rings. The van der Waals surface area contributed by atoms with Gasteiger partial charge in [0.2, 0.25) is 5.82 Å². The van der Waals surface area contributed by atoms with Crippen LogP contribution in [0.3, 0.4) is 0 Å². The van der Waals surface area contributed by atoms with Crippen molar-refractivity contribution in [2.45, 2.75) is 119 Å². The number of carbonyl (C=O) groups is 2. The Hall–Kier alpha value is -12.6. The van der Waals surface area contributed by atoms with Gasteiger partial charge in [-0.25, -0.2) is 43.4 Å². The van der Waals surface area contributed by atoms with Gasteiger partial charge in [-0.3, -0.25) is 0 Å². The van der Waals surface area contributed by atoms with Crippen molar-refractivity contribution in [2.75, 3.05) is 0 Å². The third kappa shape index (κ3) is 14.3. The molecular formula is C72H64N12O16. The van der Waals surface area contributed by atoms with E-state index in [1.807, 2.05) is 109 Å². The quantitative estimate of drug-likeness (QED) is 0.0507. The first kappa shape index (κ1) is 66.0. The predicted octanol–water partition coefficient (Wildman–Crippen LogP) is 11.7. The fraction of sp³-hybridized carbons (Fsp3) is 0.250. The fourth-order valence-corrected chi connectivity index (χ4v) is 11.6. The van der Waals surface area contributed by atoms with Crippen molar-refractivity contribution in [2.24, 2.45) is 0 Å². The molecule has 100 heavy (non-hydrogen) atoms. The van der Waals surface area contributed by atoms with Gasteiger partial charge in [0.15, 0.2) is 53.6 Å². The Morgan fingerprint density at radius 3 is 1.32 bits per heavy atom. The zero-order valence-electron chi connectivity index (χ0n) is 55.1. The maximum Gasteiger partial charge on any atom is 0.519 e. The smallest absolute Gasteiger partial charge is 0.454 e. The van der Waals surface area contributed by atoms with Gasteiger partial charge >= 0.3 is 35.2 Å². The molecule has 0 atom stereocenters. The molecule has 8 heterocycles. The van der Waals surface area contributed by atoms with Crippen LogP contribution in [0.4, 0.5) is 0 Å². The molecule has 6 aromatic carbocycles. The van der Waals surface area contributed by atoms with Crippen molar-refractivity contribution < 1.29 is 54.4 Å². The van der Waals surface area contributed by atoms with Crippen LogP contribution in [0.25, 0.3) is 67.1 Å². The molecule has 0 radical (unpaired) electrons. The molecule has 508 valence electrons. The summed E-state index contributed by atoms with van der Waals surface area (Å²) in [5.74, 6) is 0.521. The van der Waals surface area contributed by atoms with E-state index < -0.39 is 35.2 Å². The van der Waals surface area contributed by atoms with Gasteiger partial charge in [-0.15, -0.1) is 15.3 Å². The summed E-state index contributed by atoms with van der Waals surface area (Å²) < 4.78 is 56.8. The average Bonchev–Trinajstić information content (AvgIpc) is 1.60. The molecule has 28 heteroatoms. The van der Waals surface area contributed by atoms with Gasteiger partial charge < -0.3 is 53.9 Å². The van der Waals surface area contributed by atoms with Crippen LogP contribution in [0, 0.1) is 27.7 Å². The summed E-state index contributed by atoms with van der Waals surface area (Å²) in [6.07, 6.45) is 5.33. The lowest BCUT2D eigenvalue weighted by atomic mass is 9.98. The SMILES string of the molecule is CCCCc1nc2cccc(C(=O)OCc3oc(=O)oc3C)c2n1Cc1ccc(-c2ccccc2-c2nnn(Cc3oc(=O)oc3C)n2)cc1.CCCCc1nc2cccc(C(=O)OCc3oc(=O)oc3C)c2n1Cc1ccc(-c2ccccc2-c2nnnn2Cc2oc(=O)oc2C)cc1. The molecule has 8 aromatic heterocycles. The third-order valence-corrected chi connectivity index (χ3v) is 16.8. The lowest BCUT2D eigenvalue weighted by Gasteiger charge is -2.13. The van der Waals surface area contributed by atoms with E-state index in [-0.39, 0.29) is 49.3 Å². The van der Waals surface area contributed by atoms with Crippen molar-refractivity contribution in [3.05, 3.63) is 256 Å². The molecule has 0 spiro atoms. The second-order valence-electron chi connectivity index (χ2n) is 23.5. The molecule has 0 unspecified atom stereocenters. The summed E-state index contributed by atoms with van der Waals surface area (Å²) in [5.41, 5.74) is 10.7. The second-order valence-corrected chi connectivity index (χ2v) is 23.5. The number of aryl methyl sites for hydroxylation is 6. The molecule has 0 aliphatic heterocycles. The lowest BCUT2D eigenvalue weighted by molar-refractivity contribution is 0.0437. The first-order valence-corrected chi connectivity index (χ1v) is 32.2. The van der Waals surface area contributed by atoms with E-state index in [4.69, 9.17) is 54.8 Å². The van der Waals surface area contributed by atoms with Gasteiger partial charge in [-0.05, 0) is 114 Å². The molecule has 14 aromatic rings. The summed E-state index contributed by atoms with van der Waals surface area (Å²) in [5, 5.41) is 25.2. The number of nitrogens with zero attached hydrogens (tertiary/aromatic N) is 12. The summed E-state index contributed by atoms with van der Waals surface area (Å²) in [6.45, 7) is 11.4. The van der Waals surface area contributed by atoms with Crippen LogP contribution in [0.5, 0.6) is 0 Å². The Kier molecular flexibility index (Phi) is 19.1. The highest BCUT2D eigenvalue weighted by Crippen LogP contribution is 2.34. The van der Waals surface area contributed by atoms with Gasteiger partial charge in [0.1, 0.15) is 36.3 Å². The number of hydrogen-bond donors (Lipinski definition) is 0. The molecule has 0 aliphatic rings. The molecule has 0 saturated carbocycles. The van der Waals surface area contributed by atoms with E-state index >= 15 is 0 Å². The Morgan fingerprint density at radius 2 is 0.870 bits per heavy atom. The van der Waals surface area contributed by atoms with Crippen molar-refractivity contribution in [3.63, 3.8) is 0 Å². The van der Waals surface area contributed by atoms with E-state index in [0.717, 1.165) is 94.7 Å². The van der Waals surface area contributed by atoms with Crippen molar-refractivity contribution in [3.8, 4) is 45.0 Å². The monoisotopic (exact) mass is 1350 g/mol. The lowest BCUT2D eigenvalue weighted by Crippen LogP contribution is -2.11. The number of imidazole rings is 2. The summed E-state index contributed by atoms with van der Waals surface area (Å²) in [6, 6.07) is 42.6. The first-order chi connectivity index (χ1) is 48.5. The van der Waals surface area contributed by atoms with E-state index in [2.05, 4.69) is 53.9 Å². The number of hydrogen-bond acceptors (Lipinski definition) is 24.